The summed E-state index contributed by atoms with van der Waals surface area (Å²) in [6, 6.07) is 5.62. The first-order valence-corrected chi connectivity index (χ1v) is 7.84. The Hall–Kier alpha value is -1.23. The molecule has 0 saturated carbocycles. The smallest absolute Gasteiger partial charge is 0.227 e. The van der Waals surface area contributed by atoms with Crippen molar-refractivity contribution in [2.75, 3.05) is 32.6 Å². The quantitative estimate of drug-likeness (QED) is 0.772. The highest BCUT2D eigenvalue weighted by Gasteiger charge is 2.25. The molecule has 1 unspecified atom stereocenters. The Morgan fingerprint density at radius 1 is 1.35 bits per heavy atom. The van der Waals surface area contributed by atoms with Gasteiger partial charge in [0.25, 0.3) is 0 Å². The number of carbonyl (C=O) groups excluding carboxylic acids is 1. The third-order valence-electron chi connectivity index (χ3n) is 3.66. The minimum Gasteiger partial charge on any atom is -0.493 e. The van der Waals surface area contributed by atoms with Crippen LogP contribution in [0.25, 0.3) is 0 Å². The molecule has 1 heterocycles. The van der Waals surface area contributed by atoms with Gasteiger partial charge in [-0.3, -0.25) is 4.79 Å². The minimum atomic E-state index is 0.181. The molecule has 1 saturated heterocycles. The number of likely N-dealkylation sites (tertiary alicyclic amines) is 1. The first-order valence-electron chi connectivity index (χ1n) is 6.72. The zero-order valence-corrected chi connectivity index (χ0v) is 13.5. The molecule has 1 atom stereocenters. The normalized spacial score (nSPS) is 18.1. The summed E-state index contributed by atoms with van der Waals surface area (Å²) in [6.45, 7) is 1.72. The van der Waals surface area contributed by atoms with Gasteiger partial charge >= 0.3 is 0 Å². The third-order valence-corrected chi connectivity index (χ3v) is 4.58. The van der Waals surface area contributed by atoms with Crippen LogP contribution in [0.2, 0.25) is 0 Å². The standard InChI is InChI=1S/C15H20BrNO3/c1-19-13-4-3-11(7-14(13)20-2)8-15(18)17-6-5-12(9-16)10-17/h3-4,7,12H,5-6,8-10H2,1-2H3. The fourth-order valence-corrected chi connectivity index (χ4v) is 2.99. The predicted octanol–water partition coefficient (Wildman–Crippen LogP) is 2.49. The van der Waals surface area contributed by atoms with E-state index in [0.29, 0.717) is 23.8 Å². The maximum Gasteiger partial charge on any atom is 0.227 e. The van der Waals surface area contributed by atoms with Gasteiger partial charge in [0, 0.05) is 18.4 Å². The van der Waals surface area contributed by atoms with Gasteiger partial charge in [-0.25, -0.2) is 0 Å². The monoisotopic (exact) mass is 341 g/mol. The van der Waals surface area contributed by atoms with Crippen LogP contribution in [0, 0.1) is 5.92 Å². The third kappa shape index (κ3) is 3.45. The Kier molecular flexibility index (Phi) is 5.29. The van der Waals surface area contributed by atoms with Gasteiger partial charge < -0.3 is 14.4 Å². The fourth-order valence-electron chi connectivity index (χ4n) is 2.46. The highest BCUT2D eigenvalue weighted by atomic mass is 79.9. The summed E-state index contributed by atoms with van der Waals surface area (Å²) in [7, 11) is 3.21. The molecule has 1 aromatic rings. The zero-order valence-electron chi connectivity index (χ0n) is 11.9. The van der Waals surface area contributed by atoms with E-state index in [1.54, 1.807) is 14.2 Å². The Morgan fingerprint density at radius 3 is 2.70 bits per heavy atom. The summed E-state index contributed by atoms with van der Waals surface area (Å²) in [6.07, 6.45) is 1.50. The van der Waals surface area contributed by atoms with E-state index in [1.165, 1.54) is 0 Å². The number of carbonyl (C=O) groups is 1. The number of amides is 1. The van der Waals surface area contributed by atoms with Crippen molar-refractivity contribution in [2.45, 2.75) is 12.8 Å². The predicted molar refractivity (Wildman–Crippen MR) is 81.7 cm³/mol. The zero-order chi connectivity index (χ0) is 14.5. The lowest BCUT2D eigenvalue weighted by Gasteiger charge is -2.16. The van der Waals surface area contributed by atoms with Crippen LogP contribution in [0.3, 0.4) is 0 Å². The Bertz CT molecular complexity index is 478. The van der Waals surface area contributed by atoms with Gasteiger partial charge in [-0.15, -0.1) is 0 Å². The first-order chi connectivity index (χ1) is 9.67. The van der Waals surface area contributed by atoms with Crippen LogP contribution in [0.15, 0.2) is 18.2 Å². The number of rotatable bonds is 5. The highest BCUT2D eigenvalue weighted by molar-refractivity contribution is 9.09. The number of hydrogen-bond donors (Lipinski definition) is 0. The lowest BCUT2D eigenvalue weighted by molar-refractivity contribution is -0.129. The van der Waals surface area contributed by atoms with Crippen LogP contribution in [0.1, 0.15) is 12.0 Å². The molecule has 0 N–H and O–H groups in total. The van der Waals surface area contributed by atoms with E-state index in [4.69, 9.17) is 9.47 Å². The van der Waals surface area contributed by atoms with Crippen molar-refractivity contribution in [3.05, 3.63) is 23.8 Å². The molecule has 0 aliphatic carbocycles. The van der Waals surface area contributed by atoms with Crippen LogP contribution >= 0.6 is 15.9 Å². The molecule has 20 heavy (non-hydrogen) atoms. The molecular formula is C15H20BrNO3. The van der Waals surface area contributed by atoms with Crippen molar-refractivity contribution < 1.29 is 14.3 Å². The maximum absolute atomic E-state index is 12.3. The topological polar surface area (TPSA) is 38.8 Å². The van der Waals surface area contributed by atoms with Crippen LogP contribution in [-0.4, -0.2) is 43.4 Å². The van der Waals surface area contributed by atoms with Gasteiger partial charge in [0.05, 0.1) is 20.6 Å². The Labute approximate surface area is 128 Å². The SMILES string of the molecule is COc1ccc(CC(=O)N2CCC(CBr)C2)cc1OC. The second kappa shape index (κ2) is 6.97. The molecule has 1 aliphatic rings. The molecule has 2 rings (SSSR count). The van der Waals surface area contributed by atoms with E-state index >= 15 is 0 Å². The van der Waals surface area contributed by atoms with E-state index < -0.39 is 0 Å². The van der Waals surface area contributed by atoms with Gasteiger partial charge in [0.2, 0.25) is 5.91 Å². The van der Waals surface area contributed by atoms with Crippen LogP contribution in [-0.2, 0) is 11.2 Å². The molecule has 1 aliphatic heterocycles. The Morgan fingerprint density at radius 2 is 2.10 bits per heavy atom. The van der Waals surface area contributed by atoms with Crippen LogP contribution < -0.4 is 9.47 Å². The van der Waals surface area contributed by atoms with Gasteiger partial charge in [0.15, 0.2) is 11.5 Å². The molecule has 4 nitrogen and oxygen atoms in total. The molecule has 0 bridgehead atoms. The summed E-state index contributed by atoms with van der Waals surface area (Å²) in [4.78, 5) is 14.2. The van der Waals surface area contributed by atoms with Crippen molar-refractivity contribution in [2.24, 2.45) is 5.92 Å². The average molecular weight is 342 g/mol. The number of alkyl halides is 1. The molecular weight excluding hydrogens is 322 g/mol. The van der Waals surface area contributed by atoms with Crippen molar-refractivity contribution in [1.82, 2.24) is 4.90 Å². The Balaban J connectivity index is 2.01. The van der Waals surface area contributed by atoms with Crippen LogP contribution in [0.4, 0.5) is 0 Å². The lowest BCUT2D eigenvalue weighted by atomic mass is 10.1. The number of hydrogen-bond acceptors (Lipinski definition) is 3. The van der Waals surface area contributed by atoms with E-state index in [0.717, 1.165) is 30.4 Å². The molecule has 0 spiro atoms. The number of ether oxygens (including phenoxy) is 2. The summed E-state index contributed by atoms with van der Waals surface area (Å²) < 4.78 is 10.5. The van der Waals surface area contributed by atoms with Gasteiger partial charge in [-0.2, -0.15) is 0 Å². The number of halogens is 1. The van der Waals surface area contributed by atoms with Crippen molar-refractivity contribution >= 4 is 21.8 Å². The number of methoxy groups -OCH3 is 2. The molecule has 0 aromatic heterocycles. The summed E-state index contributed by atoms with van der Waals surface area (Å²) in [5.41, 5.74) is 0.954. The molecule has 5 heteroatoms. The lowest BCUT2D eigenvalue weighted by Crippen LogP contribution is -2.30. The van der Waals surface area contributed by atoms with E-state index in [2.05, 4.69) is 15.9 Å². The molecule has 0 radical (unpaired) electrons. The van der Waals surface area contributed by atoms with Crippen molar-refractivity contribution in [3.8, 4) is 11.5 Å². The molecule has 110 valence electrons. The second-order valence-electron chi connectivity index (χ2n) is 5.01. The van der Waals surface area contributed by atoms with E-state index in [1.807, 2.05) is 23.1 Å². The van der Waals surface area contributed by atoms with E-state index in [9.17, 15) is 4.79 Å². The molecule has 1 aromatic carbocycles. The number of nitrogens with zero attached hydrogens (tertiary/aromatic N) is 1. The summed E-state index contributed by atoms with van der Waals surface area (Å²) >= 11 is 3.49. The minimum absolute atomic E-state index is 0.181. The van der Waals surface area contributed by atoms with Crippen LogP contribution in [0.5, 0.6) is 11.5 Å². The molecule has 1 fully saturated rings. The van der Waals surface area contributed by atoms with Gasteiger partial charge in [-0.05, 0) is 30.0 Å². The maximum atomic E-state index is 12.3. The average Bonchev–Trinajstić information content (AvgIpc) is 2.96. The van der Waals surface area contributed by atoms with Gasteiger partial charge in [-0.1, -0.05) is 22.0 Å². The summed E-state index contributed by atoms with van der Waals surface area (Å²) in [5.74, 6) is 2.12. The largest absolute Gasteiger partial charge is 0.493 e. The van der Waals surface area contributed by atoms with Crippen molar-refractivity contribution in [1.29, 1.82) is 0 Å². The highest BCUT2D eigenvalue weighted by Crippen LogP contribution is 2.28. The number of benzene rings is 1. The van der Waals surface area contributed by atoms with Gasteiger partial charge in [0.1, 0.15) is 0 Å². The summed E-state index contributed by atoms with van der Waals surface area (Å²) in [5, 5.41) is 0.965. The second-order valence-corrected chi connectivity index (χ2v) is 5.66. The first kappa shape index (κ1) is 15.2. The molecule has 1 amide bonds. The fraction of sp³-hybridized carbons (Fsp3) is 0.533. The van der Waals surface area contributed by atoms with E-state index in [-0.39, 0.29) is 5.91 Å². The van der Waals surface area contributed by atoms with Crippen molar-refractivity contribution in [3.63, 3.8) is 0 Å².